The predicted molar refractivity (Wildman–Crippen MR) is 69.9 cm³/mol. The van der Waals surface area contributed by atoms with Gasteiger partial charge in [0.2, 0.25) is 0 Å². The van der Waals surface area contributed by atoms with Gasteiger partial charge in [0.15, 0.2) is 0 Å². The molecular weight excluding hydrogens is 260 g/mol. The van der Waals surface area contributed by atoms with Crippen LogP contribution in [0.4, 0.5) is 4.79 Å². The molecule has 2 amide bonds. The van der Waals surface area contributed by atoms with Crippen molar-refractivity contribution in [1.82, 2.24) is 19.4 Å². The number of fused-ring (bicyclic) bond motifs is 1. The Bertz CT molecular complexity index is 541. The Hall–Kier alpha value is -2.05. The molecule has 3 rings (SSSR count). The van der Waals surface area contributed by atoms with Gasteiger partial charge < -0.3 is 19.5 Å². The van der Waals surface area contributed by atoms with Crippen molar-refractivity contribution < 1.29 is 14.7 Å². The van der Waals surface area contributed by atoms with E-state index in [0.717, 1.165) is 12.4 Å². The number of aromatic nitrogens is 2. The van der Waals surface area contributed by atoms with E-state index in [-0.39, 0.29) is 11.9 Å². The minimum absolute atomic E-state index is 0.00299. The second kappa shape index (κ2) is 4.81. The molecule has 1 fully saturated rings. The van der Waals surface area contributed by atoms with Gasteiger partial charge in [-0.1, -0.05) is 6.92 Å². The van der Waals surface area contributed by atoms with E-state index in [2.05, 4.69) is 4.98 Å². The SMILES string of the molecule is C[C@@H]1CN(C(=O)N2CCn3ccnc3C2)C[C@H]1C(=O)O. The summed E-state index contributed by atoms with van der Waals surface area (Å²) >= 11 is 0. The number of aliphatic carboxylic acids is 1. The molecule has 1 saturated heterocycles. The summed E-state index contributed by atoms with van der Waals surface area (Å²) in [5.41, 5.74) is 0. The zero-order chi connectivity index (χ0) is 14.3. The molecule has 1 N–H and O–H groups in total. The Morgan fingerprint density at radius 2 is 2.10 bits per heavy atom. The summed E-state index contributed by atoms with van der Waals surface area (Å²) < 4.78 is 2.04. The van der Waals surface area contributed by atoms with Gasteiger partial charge in [0, 0.05) is 38.6 Å². The number of likely N-dealkylation sites (tertiary alicyclic amines) is 1. The Kier molecular flexibility index (Phi) is 3.11. The van der Waals surface area contributed by atoms with E-state index in [4.69, 9.17) is 5.11 Å². The van der Waals surface area contributed by atoms with E-state index < -0.39 is 11.9 Å². The summed E-state index contributed by atoms with van der Waals surface area (Å²) in [6, 6.07) is -0.0742. The van der Waals surface area contributed by atoms with Crippen molar-refractivity contribution >= 4 is 12.0 Å². The monoisotopic (exact) mass is 278 g/mol. The first-order valence-corrected chi connectivity index (χ1v) is 6.83. The summed E-state index contributed by atoms with van der Waals surface area (Å²) in [6.07, 6.45) is 3.65. The second-order valence-corrected chi connectivity index (χ2v) is 5.57. The summed E-state index contributed by atoms with van der Waals surface area (Å²) in [5.74, 6) is -0.387. The fourth-order valence-electron chi connectivity index (χ4n) is 2.98. The van der Waals surface area contributed by atoms with Gasteiger partial charge in [0.1, 0.15) is 5.82 Å². The minimum atomic E-state index is -0.818. The zero-order valence-corrected chi connectivity index (χ0v) is 11.4. The number of hydrogen-bond acceptors (Lipinski definition) is 3. The number of carbonyl (C=O) groups excluding carboxylic acids is 1. The number of imidazole rings is 1. The van der Waals surface area contributed by atoms with Crippen molar-refractivity contribution in [2.75, 3.05) is 19.6 Å². The molecule has 0 unspecified atom stereocenters. The van der Waals surface area contributed by atoms with Crippen LogP contribution < -0.4 is 0 Å². The lowest BCUT2D eigenvalue weighted by Crippen LogP contribution is -2.45. The maximum atomic E-state index is 12.5. The molecule has 0 bridgehead atoms. The number of amides is 2. The summed E-state index contributed by atoms with van der Waals surface area (Å²) in [4.78, 5) is 31.2. The van der Waals surface area contributed by atoms with E-state index in [9.17, 15) is 9.59 Å². The summed E-state index contributed by atoms with van der Waals surface area (Å²) in [5, 5.41) is 9.13. The lowest BCUT2D eigenvalue weighted by molar-refractivity contribution is -0.142. The minimum Gasteiger partial charge on any atom is -0.481 e. The molecular formula is C13H18N4O3. The molecule has 1 aromatic heterocycles. The van der Waals surface area contributed by atoms with Crippen LogP contribution in [0.1, 0.15) is 12.7 Å². The molecule has 7 heteroatoms. The van der Waals surface area contributed by atoms with Crippen LogP contribution in [0.15, 0.2) is 12.4 Å². The highest BCUT2D eigenvalue weighted by Crippen LogP contribution is 2.25. The maximum absolute atomic E-state index is 12.5. The molecule has 1 aromatic rings. The normalized spacial score (nSPS) is 25.6. The smallest absolute Gasteiger partial charge is 0.320 e. The predicted octanol–water partition coefficient (Wildman–Crippen LogP) is 0.471. The molecule has 0 saturated carbocycles. The Labute approximate surface area is 116 Å². The van der Waals surface area contributed by atoms with Gasteiger partial charge in [-0.3, -0.25) is 4.79 Å². The Balaban J connectivity index is 1.67. The molecule has 20 heavy (non-hydrogen) atoms. The van der Waals surface area contributed by atoms with Crippen molar-refractivity contribution in [2.24, 2.45) is 11.8 Å². The molecule has 2 atom stereocenters. The van der Waals surface area contributed by atoms with Crippen LogP contribution in [0, 0.1) is 11.8 Å². The molecule has 2 aliphatic rings. The molecule has 0 aromatic carbocycles. The van der Waals surface area contributed by atoms with Crippen molar-refractivity contribution in [3.63, 3.8) is 0 Å². The quantitative estimate of drug-likeness (QED) is 0.810. The van der Waals surface area contributed by atoms with Gasteiger partial charge in [-0.2, -0.15) is 0 Å². The molecule has 3 heterocycles. The number of nitrogens with zero attached hydrogens (tertiary/aromatic N) is 4. The second-order valence-electron chi connectivity index (χ2n) is 5.57. The Morgan fingerprint density at radius 3 is 2.80 bits per heavy atom. The van der Waals surface area contributed by atoms with Crippen LogP contribution in [-0.2, 0) is 17.9 Å². The number of rotatable bonds is 1. The van der Waals surface area contributed by atoms with E-state index in [1.54, 1.807) is 16.0 Å². The molecule has 108 valence electrons. The number of hydrogen-bond donors (Lipinski definition) is 1. The topological polar surface area (TPSA) is 78.7 Å². The third kappa shape index (κ3) is 2.13. The molecule has 0 aliphatic carbocycles. The van der Waals surface area contributed by atoms with Crippen molar-refractivity contribution in [1.29, 1.82) is 0 Å². The fraction of sp³-hybridized carbons (Fsp3) is 0.615. The summed E-state index contributed by atoms with van der Waals surface area (Å²) in [6.45, 7) is 4.59. The fourth-order valence-corrected chi connectivity index (χ4v) is 2.98. The molecule has 2 aliphatic heterocycles. The third-order valence-corrected chi connectivity index (χ3v) is 4.22. The number of carboxylic acid groups (broad SMARTS) is 1. The average molecular weight is 278 g/mol. The van der Waals surface area contributed by atoms with E-state index in [0.29, 0.717) is 26.2 Å². The van der Waals surface area contributed by atoms with E-state index in [1.165, 1.54) is 0 Å². The van der Waals surface area contributed by atoms with Gasteiger partial charge in [0.25, 0.3) is 0 Å². The highest BCUT2D eigenvalue weighted by molar-refractivity contribution is 5.77. The van der Waals surface area contributed by atoms with Crippen LogP contribution in [0.25, 0.3) is 0 Å². The molecule has 0 spiro atoms. The number of carbonyl (C=O) groups is 2. The van der Waals surface area contributed by atoms with Crippen LogP contribution in [0.3, 0.4) is 0 Å². The maximum Gasteiger partial charge on any atom is 0.320 e. The van der Waals surface area contributed by atoms with E-state index in [1.807, 2.05) is 17.7 Å². The highest BCUT2D eigenvalue weighted by atomic mass is 16.4. The van der Waals surface area contributed by atoms with Crippen molar-refractivity contribution in [3.8, 4) is 0 Å². The first-order valence-electron chi connectivity index (χ1n) is 6.83. The number of urea groups is 1. The third-order valence-electron chi connectivity index (χ3n) is 4.22. The van der Waals surface area contributed by atoms with Gasteiger partial charge in [-0.05, 0) is 5.92 Å². The molecule has 0 radical (unpaired) electrons. The van der Waals surface area contributed by atoms with Gasteiger partial charge in [-0.15, -0.1) is 0 Å². The van der Waals surface area contributed by atoms with Crippen molar-refractivity contribution in [2.45, 2.75) is 20.0 Å². The van der Waals surface area contributed by atoms with Crippen LogP contribution >= 0.6 is 0 Å². The first-order chi connectivity index (χ1) is 9.56. The van der Waals surface area contributed by atoms with Crippen LogP contribution in [-0.4, -0.2) is 56.1 Å². The van der Waals surface area contributed by atoms with Crippen molar-refractivity contribution in [3.05, 3.63) is 18.2 Å². The van der Waals surface area contributed by atoms with Gasteiger partial charge >= 0.3 is 12.0 Å². The Morgan fingerprint density at radius 1 is 1.30 bits per heavy atom. The summed E-state index contributed by atoms with van der Waals surface area (Å²) in [7, 11) is 0. The van der Waals surface area contributed by atoms with Gasteiger partial charge in [-0.25, -0.2) is 9.78 Å². The average Bonchev–Trinajstić information content (AvgIpc) is 3.02. The lowest BCUT2D eigenvalue weighted by atomic mass is 9.99. The molecule has 7 nitrogen and oxygen atoms in total. The first kappa shape index (κ1) is 13.0. The van der Waals surface area contributed by atoms with E-state index >= 15 is 0 Å². The largest absolute Gasteiger partial charge is 0.481 e. The van der Waals surface area contributed by atoms with Crippen LogP contribution in [0.2, 0.25) is 0 Å². The van der Waals surface area contributed by atoms with Crippen LogP contribution in [0.5, 0.6) is 0 Å². The highest BCUT2D eigenvalue weighted by Gasteiger charge is 2.38. The number of carboxylic acids is 1. The van der Waals surface area contributed by atoms with Gasteiger partial charge in [0.05, 0.1) is 12.5 Å². The zero-order valence-electron chi connectivity index (χ0n) is 11.4. The standard InChI is InChI=1S/C13H18N4O3/c1-9-6-17(7-10(9)12(18)19)13(20)16-5-4-15-3-2-14-11(15)8-16/h2-3,9-10H,4-8H2,1H3,(H,18,19)/t9-,10-/m1/s1. The lowest BCUT2D eigenvalue weighted by Gasteiger charge is -2.31.